The molecule has 0 aliphatic heterocycles. The number of phosphoric ester groups is 2. The summed E-state index contributed by atoms with van der Waals surface area (Å²) in [5.74, 6) is 0. The molecule has 23 heteroatoms. The molecule has 0 amide bonds. The molecule has 0 aliphatic rings. The molecule has 0 saturated carbocycles. The van der Waals surface area contributed by atoms with Crippen LogP contribution in [0, 0.1) is 0 Å². The molecule has 14 nitrogen and oxygen atoms in total. The van der Waals surface area contributed by atoms with Crippen molar-refractivity contribution < 1.29 is 116 Å². The average molecular weight is 1040 g/mol. The van der Waals surface area contributed by atoms with Gasteiger partial charge in [0, 0.05) is 13.3 Å². The zero-order valence-corrected chi connectivity index (χ0v) is 45.7. The topological polar surface area (TPSA) is 199 Å². The Hall–Kier alpha value is 3.76. The number of hydrogen-bond acceptors (Lipinski definition) is 13. The van der Waals surface area contributed by atoms with Gasteiger partial charge < -0.3 is 37.3 Å². The molecule has 0 aromatic heterocycles. The van der Waals surface area contributed by atoms with Gasteiger partial charge in [0.25, 0.3) is 7.82 Å². The summed E-state index contributed by atoms with van der Waals surface area (Å²) in [5, 5.41) is 0. The quantitative estimate of drug-likeness (QED) is 0.105. The number of phosphoric acid groups is 2. The fraction of sp³-hybridized carbons (Fsp3) is 1.00. The Kier molecular flexibility index (Phi) is 42.1. The zero-order valence-electron chi connectivity index (χ0n) is 34.5. The van der Waals surface area contributed by atoms with Crippen LogP contribution in [0.5, 0.6) is 0 Å². The molecular formula is C29H70Cl3IKO14P4-. The number of hydrogen-bond donors (Lipinski definition) is 1. The Morgan fingerprint density at radius 3 is 0.865 bits per heavy atom. The van der Waals surface area contributed by atoms with Crippen molar-refractivity contribution in [2.24, 2.45) is 0 Å². The van der Waals surface area contributed by atoms with E-state index in [1.165, 1.54) is 6.66 Å². The van der Waals surface area contributed by atoms with Gasteiger partial charge in [-0.15, -0.1) is 24.0 Å². The van der Waals surface area contributed by atoms with Crippen molar-refractivity contribution in [1.29, 1.82) is 0 Å². The third kappa shape index (κ3) is 78.1. The molecule has 0 aliphatic carbocycles. The van der Waals surface area contributed by atoms with Crippen molar-refractivity contribution in [3.63, 3.8) is 0 Å². The number of halogens is 4. The Labute approximate surface area is 389 Å². The van der Waals surface area contributed by atoms with Gasteiger partial charge in [-0.2, -0.15) is 0 Å². The van der Waals surface area contributed by atoms with E-state index in [0.717, 1.165) is 6.66 Å². The van der Waals surface area contributed by atoms with Gasteiger partial charge in [0.2, 0.25) is 0 Å². The van der Waals surface area contributed by atoms with E-state index in [2.05, 4.69) is 27.1 Å². The second-order valence-corrected chi connectivity index (χ2v) is 24.5. The molecule has 0 fully saturated rings. The molecular weight excluding hydrogens is 969 g/mol. The summed E-state index contributed by atoms with van der Waals surface area (Å²) in [6.07, 6.45) is 0. The van der Waals surface area contributed by atoms with Crippen LogP contribution < -0.4 is 61.2 Å². The average Bonchev–Trinajstić information content (AvgIpc) is 2.56. The van der Waals surface area contributed by atoms with Gasteiger partial charge in [-0.25, -0.2) is 4.57 Å². The molecule has 52 heavy (non-hydrogen) atoms. The summed E-state index contributed by atoms with van der Waals surface area (Å²) in [6.45, 7) is 33.1. The van der Waals surface area contributed by atoms with Gasteiger partial charge in [0.15, 0.2) is 0 Å². The van der Waals surface area contributed by atoms with E-state index in [9.17, 15) is 28.0 Å². The smallest absolute Gasteiger partial charge is 0.779 e. The van der Waals surface area contributed by atoms with Crippen LogP contribution in [0.3, 0.4) is 0 Å². The first-order valence-electron chi connectivity index (χ1n) is 14.8. The SMILES string of the molecule is C.CC(C)(C)OP(=O)(OCCl)OC(C)(C)C.CC(C)(C)OP(=O)([O-])OC(C)(C)C.CC(C)(C)OP(C)(=O)O.CC(C)(C)OP(C)(=O)[O-].Cl.ClCI.[K+]. The minimum Gasteiger partial charge on any atom is -0.779 e. The predicted octanol–water partition coefficient (Wildman–Crippen LogP) is 8.30. The van der Waals surface area contributed by atoms with Crippen molar-refractivity contribution >= 4 is 89.0 Å². The van der Waals surface area contributed by atoms with E-state index in [-0.39, 0.29) is 77.3 Å². The van der Waals surface area contributed by atoms with Crippen molar-refractivity contribution in [3.05, 3.63) is 0 Å². The zero-order chi connectivity index (χ0) is 41.4. The van der Waals surface area contributed by atoms with Crippen molar-refractivity contribution in [3.8, 4) is 0 Å². The Morgan fingerprint density at radius 1 is 0.558 bits per heavy atom. The largest absolute Gasteiger partial charge is 1.00 e. The van der Waals surface area contributed by atoms with Crippen LogP contribution in [0.2, 0.25) is 0 Å². The molecule has 0 rings (SSSR count). The summed E-state index contributed by atoms with van der Waals surface area (Å²) < 4.78 is 79.4. The number of alkyl halides is 3. The normalized spacial score (nSPS) is 14.8. The minimum atomic E-state index is -4.19. The molecule has 2 unspecified atom stereocenters. The maximum absolute atomic E-state index is 12.1. The molecule has 0 spiro atoms. The van der Waals surface area contributed by atoms with E-state index >= 15 is 0 Å². The van der Waals surface area contributed by atoms with E-state index in [1.807, 2.05) is 0 Å². The summed E-state index contributed by atoms with van der Waals surface area (Å²) in [4.78, 5) is 30.4. The standard InChI is InChI=1S/C9H20ClO4P.C8H19O4P.2C5H13O3P.CH2ClI.CH4.ClH.K/c1-8(2,3)13-15(11,12-7-10)14-9(4,5)6;1-7(2,3)11-13(9,10)12-8(4,5)6;2*1-5(2,3)8-9(4,6)7;2-1-3;;;/h7H2,1-6H3;1-6H3,(H,9,10);2*1-4H3,(H,6,7);1H2;1H4;1H;/q;;;;;;;+1/p-2. The minimum absolute atomic E-state index is 0. The Bertz CT molecular complexity index is 1010. The van der Waals surface area contributed by atoms with E-state index in [1.54, 1.807) is 125 Å². The van der Waals surface area contributed by atoms with Crippen molar-refractivity contribution in [1.82, 2.24) is 0 Å². The fourth-order valence-corrected chi connectivity index (χ4v) is 7.85. The molecule has 0 bridgehead atoms. The van der Waals surface area contributed by atoms with Gasteiger partial charge in [0.1, 0.15) is 13.7 Å². The molecule has 0 aromatic rings. The maximum Gasteiger partial charge on any atom is 1.00 e. The van der Waals surface area contributed by atoms with Crippen LogP contribution in [-0.4, -0.2) is 61.8 Å². The maximum atomic E-state index is 12.1. The second kappa shape index (κ2) is 29.9. The second-order valence-electron chi connectivity index (χ2n) is 16.0. The van der Waals surface area contributed by atoms with Crippen molar-refractivity contribution in [2.75, 3.05) is 23.3 Å². The molecule has 2 atom stereocenters. The van der Waals surface area contributed by atoms with E-state index < -0.39 is 64.4 Å². The Balaban J connectivity index is -0.0000000806. The molecule has 0 heterocycles. The number of rotatable bonds is 8. The van der Waals surface area contributed by atoms with Gasteiger partial charge in [-0.05, 0) is 125 Å². The van der Waals surface area contributed by atoms with Crippen LogP contribution in [0.25, 0.3) is 0 Å². The van der Waals surface area contributed by atoms with Crippen LogP contribution in [0.4, 0.5) is 0 Å². The van der Waals surface area contributed by atoms with Crippen LogP contribution in [0.1, 0.15) is 132 Å². The third-order valence-corrected chi connectivity index (χ3v) is 8.19. The Morgan fingerprint density at radius 2 is 0.769 bits per heavy atom. The first-order chi connectivity index (χ1) is 20.7. The first kappa shape index (κ1) is 73.3. The third-order valence-electron chi connectivity index (χ3n) is 2.63. The van der Waals surface area contributed by atoms with E-state index in [0.29, 0.717) is 3.89 Å². The van der Waals surface area contributed by atoms with Gasteiger partial charge in [-0.3, -0.25) is 22.7 Å². The van der Waals surface area contributed by atoms with E-state index in [4.69, 9.17) is 55.2 Å². The molecule has 0 saturated heterocycles. The molecule has 0 radical (unpaired) electrons. The van der Waals surface area contributed by atoms with Crippen LogP contribution in [-0.2, 0) is 49.9 Å². The molecule has 320 valence electrons. The van der Waals surface area contributed by atoms with Gasteiger partial charge in [-0.1, -0.05) is 41.6 Å². The fourth-order valence-electron chi connectivity index (χ4n) is 2.50. The van der Waals surface area contributed by atoms with Crippen LogP contribution in [0.15, 0.2) is 0 Å². The summed E-state index contributed by atoms with van der Waals surface area (Å²) >= 11 is 12.4. The van der Waals surface area contributed by atoms with Gasteiger partial charge in [0.05, 0.1) is 37.5 Å². The summed E-state index contributed by atoms with van der Waals surface area (Å²) in [5.41, 5.74) is -3.85. The molecule has 1 N–H and O–H groups in total. The monoisotopic (exact) mass is 1040 g/mol. The summed E-state index contributed by atoms with van der Waals surface area (Å²) in [6, 6.07) is -0.233. The van der Waals surface area contributed by atoms with Crippen LogP contribution >= 0.6 is 89.0 Å². The first-order valence-corrected chi connectivity index (χ1v) is 24.3. The predicted molar refractivity (Wildman–Crippen MR) is 220 cm³/mol. The van der Waals surface area contributed by atoms with Crippen molar-refractivity contribution in [2.45, 2.75) is 166 Å². The molecule has 0 aromatic carbocycles. The summed E-state index contributed by atoms with van der Waals surface area (Å²) in [7, 11) is -14.6. The van der Waals surface area contributed by atoms with Gasteiger partial charge >= 0.3 is 66.8 Å².